The lowest BCUT2D eigenvalue weighted by Gasteiger charge is -2.26. The molecule has 1 aliphatic rings. The van der Waals surface area contributed by atoms with E-state index in [0.29, 0.717) is 5.92 Å². The Balaban J connectivity index is 2.31. The lowest BCUT2D eigenvalue weighted by atomic mass is 9.82. The zero-order valence-electron chi connectivity index (χ0n) is 12.2. The Bertz CT molecular complexity index is 434. The predicted octanol–water partition coefficient (Wildman–Crippen LogP) is 4.53. The first kappa shape index (κ1) is 14.8. The molecule has 0 aliphatic heterocycles. The van der Waals surface area contributed by atoms with Gasteiger partial charge in [0.05, 0.1) is 10.2 Å². The summed E-state index contributed by atoms with van der Waals surface area (Å²) < 4.78 is 1.03. The fourth-order valence-electron chi connectivity index (χ4n) is 2.88. The molecule has 2 atom stereocenters. The summed E-state index contributed by atoms with van der Waals surface area (Å²) in [6.45, 7) is 7.48. The molecule has 3 nitrogen and oxygen atoms in total. The van der Waals surface area contributed by atoms with E-state index in [4.69, 9.17) is 9.97 Å². The summed E-state index contributed by atoms with van der Waals surface area (Å²) in [6.07, 6.45) is 6.07. The van der Waals surface area contributed by atoms with Gasteiger partial charge in [0.1, 0.15) is 11.6 Å². The van der Waals surface area contributed by atoms with Crippen LogP contribution in [0.3, 0.4) is 0 Å². The van der Waals surface area contributed by atoms with Crippen molar-refractivity contribution in [2.24, 2.45) is 5.92 Å². The molecule has 1 saturated carbocycles. The third-order valence-electron chi connectivity index (χ3n) is 3.92. The maximum absolute atomic E-state index is 4.79. The molecule has 106 valence electrons. The van der Waals surface area contributed by atoms with Crippen LogP contribution in [-0.2, 0) is 6.42 Å². The number of hydrogen-bond acceptors (Lipinski definition) is 3. The van der Waals surface area contributed by atoms with Gasteiger partial charge in [0, 0.05) is 12.5 Å². The van der Waals surface area contributed by atoms with Gasteiger partial charge in [0.2, 0.25) is 0 Å². The average Bonchev–Trinajstić information content (AvgIpc) is 2.41. The van der Waals surface area contributed by atoms with Crippen LogP contribution in [0, 0.1) is 5.92 Å². The Morgan fingerprint density at radius 3 is 2.68 bits per heavy atom. The average molecular weight is 326 g/mol. The monoisotopic (exact) mass is 325 g/mol. The molecule has 0 amide bonds. The molecule has 0 saturated heterocycles. The lowest BCUT2D eigenvalue weighted by molar-refractivity contribution is 0.335. The highest BCUT2D eigenvalue weighted by molar-refractivity contribution is 9.10. The first-order chi connectivity index (χ1) is 9.15. The van der Waals surface area contributed by atoms with E-state index in [9.17, 15) is 0 Å². The molecule has 4 heteroatoms. The summed E-state index contributed by atoms with van der Waals surface area (Å²) in [5.74, 6) is 3.35. The van der Waals surface area contributed by atoms with E-state index in [-0.39, 0.29) is 0 Å². The van der Waals surface area contributed by atoms with Crippen LogP contribution in [0.1, 0.15) is 63.9 Å². The normalized spacial score (nSPS) is 23.4. The van der Waals surface area contributed by atoms with E-state index in [0.717, 1.165) is 40.7 Å². The molecule has 0 bridgehead atoms. The minimum Gasteiger partial charge on any atom is -0.369 e. The summed E-state index contributed by atoms with van der Waals surface area (Å²) in [7, 11) is 0. The molecule has 0 spiro atoms. The zero-order valence-corrected chi connectivity index (χ0v) is 13.8. The van der Waals surface area contributed by atoms with Crippen LogP contribution in [0.2, 0.25) is 0 Å². The first-order valence-electron chi connectivity index (χ1n) is 7.45. The van der Waals surface area contributed by atoms with Crippen LogP contribution in [0.4, 0.5) is 5.82 Å². The summed E-state index contributed by atoms with van der Waals surface area (Å²) in [6, 6.07) is 0. The third-order valence-corrected chi connectivity index (χ3v) is 4.75. The van der Waals surface area contributed by atoms with E-state index in [2.05, 4.69) is 42.0 Å². The second kappa shape index (κ2) is 6.69. The molecule has 0 aromatic carbocycles. The van der Waals surface area contributed by atoms with Crippen molar-refractivity contribution in [3.05, 3.63) is 16.0 Å². The van der Waals surface area contributed by atoms with Crippen LogP contribution < -0.4 is 5.32 Å². The van der Waals surface area contributed by atoms with Crippen LogP contribution >= 0.6 is 15.9 Å². The molecular formula is C15H24BrN3. The smallest absolute Gasteiger partial charge is 0.144 e. The van der Waals surface area contributed by atoms with Gasteiger partial charge in [0.25, 0.3) is 0 Å². The Hall–Kier alpha value is -0.640. The van der Waals surface area contributed by atoms with Gasteiger partial charge >= 0.3 is 0 Å². The largest absolute Gasteiger partial charge is 0.369 e. The van der Waals surface area contributed by atoms with Crippen LogP contribution in [0.5, 0.6) is 0 Å². The van der Waals surface area contributed by atoms with Crippen molar-refractivity contribution in [1.29, 1.82) is 0 Å². The first-order valence-corrected chi connectivity index (χ1v) is 8.25. The van der Waals surface area contributed by atoms with E-state index < -0.39 is 0 Å². The van der Waals surface area contributed by atoms with Crippen molar-refractivity contribution in [3.63, 3.8) is 0 Å². The summed E-state index contributed by atoms with van der Waals surface area (Å²) in [4.78, 5) is 9.55. The molecule has 1 heterocycles. The second-order valence-corrected chi connectivity index (χ2v) is 6.34. The van der Waals surface area contributed by atoms with E-state index in [1.807, 2.05) is 0 Å². The van der Waals surface area contributed by atoms with Gasteiger partial charge in [-0.25, -0.2) is 9.97 Å². The third kappa shape index (κ3) is 3.47. The van der Waals surface area contributed by atoms with Gasteiger partial charge in [-0.2, -0.15) is 0 Å². The van der Waals surface area contributed by atoms with Crippen molar-refractivity contribution in [2.45, 2.75) is 58.8 Å². The van der Waals surface area contributed by atoms with Gasteiger partial charge < -0.3 is 5.32 Å². The molecule has 1 aliphatic carbocycles. The number of halogens is 1. The topological polar surface area (TPSA) is 37.8 Å². The zero-order chi connectivity index (χ0) is 13.8. The number of rotatable bonds is 4. The number of aryl methyl sites for hydroxylation is 1. The highest BCUT2D eigenvalue weighted by atomic mass is 79.9. The van der Waals surface area contributed by atoms with Crippen LogP contribution in [-0.4, -0.2) is 16.5 Å². The standard InChI is InChI=1S/C15H24BrN3/c1-4-12-13(16)15(17-5-2)19-14(18-12)11-8-6-7-10(3)9-11/h10-11H,4-9H2,1-3H3,(H,17,18,19). The molecule has 19 heavy (non-hydrogen) atoms. The van der Waals surface area contributed by atoms with Gasteiger partial charge in [-0.3, -0.25) is 0 Å². The molecule has 2 rings (SSSR count). The number of hydrogen-bond donors (Lipinski definition) is 1. The van der Waals surface area contributed by atoms with Crippen molar-refractivity contribution < 1.29 is 0 Å². The molecule has 1 aromatic rings. The van der Waals surface area contributed by atoms with Gasteiger partial charge in [-0.1, -0.05) is 26.7 Å². The minimum atomic E-state index is 0.541. The van der Waals surface area contributed by atoms with Crippen molar-refractivity contribution >= 4 is 21.7 Å². The van der Waals surface area contributed by atoms with Crippen LogP contribution in [0.15, 0.2) is 4.47 Å². The number of anilines is 1. The highest BCUT2D eigenvalue weighted by Crippen LogP contribution is 2.36. The summed E-state index contributed by atoms with van der Waals surface area (Å²) in [5, 5.41) is 3.34. The summed E-state index contributed by atoms with van der Waals surface area (Å²) >= 11 is 3.62. The fraction of sp³-hybridized carbons (Fsp3) is 0.733. The lowest BCUT2D eigenvalue weighted by Crippen LogP contribution is -2.16. The number of nitrogens with zero attached hydrogens (tertiary/aromatic N) is 2. The van der Waals surface area contributed by atoms with Crippen molar-refractivity contribution in [2.75, 3.05) is 11.9 Å². The molecule has 1 N–H and O–H groups in total. The molecular weight excluding hydrogens is 302 g/mol. The van der Waals surface area contributed by atoms with Gasteiger partial charge in [-0.15, -0.1) is 0 Å². The molecule has 2 unspecified atom stereocenters. The Labute approximate surface area is 124 Å². The summed E-state index contributed by atoms with van der Waals surface area (Å²) in [5.41, 5.74) is 1.12. The maximum Gasteiger partial charge on any atom is 0.144 e. The quantitative estimate of drug-likeness (QED) is 0.883. The highest BCUT2D eigenvalue weighted by Gasteiger charge is 2.24. The fourth-order valence-corrected chi connectivity index (χ4v) is 3.48. The Morgan fingerprint density at radius 1 is 1.26 bits per heavy atom. The van der Waals surface area contributed by atoms with E-state index in [1.165, 1.54) is 25.7 Å². The Kier molecular flexibility index (Phi) is 5.20. The maximum atomic E-state index is 4.79. The number of aromatic nitrogens is 2. The van der Waals surface area contributed by atoms with Crippen LogP contribution in [0.25, 0.3) is 0 Å². The van der Waals surface area contributed by atoms with Crippen molar-refractivity contribution in [3.8, 4) is 0 Å². The van der Waals surface area contributed by atoms with Crippen molar-refractivity contribution in [1.82, 2.24) is 9.97 Å². The SMILES string of the molecule is CCNc1nc(C2CCCC(C)C2)nc(CC)c1Br. The molecule has 0 radical (unpaired) electrons. The minimum absolute atomic E-state index is 0.541. The van der Waals surface area contributed by atoms with E-state index in [1.54, 1.807) is 0 Å². The Morgan fingerprint density at radius 2 is 2.05 bits per heavy atom. The van der Waals surface area contributed by atoms with E-state index >= 15 is 0 Å². The second-order valence-electron chi connectivity index (χ2n) is 5.54. The number of nitrogens with one attached hydrogen (secondary N) is 1. The predicted molar refractivity (Wildman–Crippen MR) is 83.6 cm³/mol. The molecule has 1 fully saturated rings. The van der Waals surface area contributed by atoms with Gasteiger partial charge in [0.15, 0.2) is 0 Å². The molecule has 1 aromatic heterocycles. The van der Waals surface area contributed by atoms with Gasteiger partial charge in [-0.05, 0) is 48.0 Å².